The molecule has 5 nitrogen and oxygen atoms in total. The standard InChI is InChI=1S/C18H17N3O2/c1-23-11-13-5-7-14(8-6-13)18(22)20-17-4-2-3-15-9-21(12-19)10-16(15)17/h2-8H,9-11H2,1H3,(H,20,22). The van der Waals surface area contributed by atoms with Crippen LogP contribution in [0.1, 0.15) is 27.0 Å². The summed E-state index contributed by atoms with van der Waals surface area (Å²) in [7, 11) is 1.64. The molecule has 2 aromatic rings. The molecule has 0 fully saturated rings. The molecular weight excluding hydrogens is 290 g/mol. The van der Waals surface area contributed by atoms with Crippen LogP contribution in [-0.2, 0) is 24.4 Å². The van der Waals surface area contributed by atoms with Crippen molar-refractivity contribution >= 4 is 11.6 Å². The van der Waals surface area contributed by atoms with E-state index in [1.165, 1.54) is 0 Å². The summed E-state index contributed by atoms with van der Waals surface area (Å²) in [6.07, 6.45) is 2.15. The number of hydrogen-bond donors (Lipinski definition) is 1. The number of carbonyl (C=O) groups excluding carboxylic acids is 1. The Hall–Kier alpha value is -2.84. The van der Waals surface area contributed by atoms with Gasteiger partial charge in [-0.3, -0.25) is 4.79 Å². The van der Waals surface area contributed by atoms with Gasteiger partial charge in [-0.15, -0.1) is 0 Å². The van der Waals surface area contributed by atoms with Gasteiger partial charge < -0.3 is 15.0 Å². The first-order valence-corrected chi connectivity index (χ1v) is 7.36. The van der Waals surface area contributed by atoms with Gasteiger partial charge in [0.15, 0.2) is 6.19 Å². The molecule has 23 heavy (non-hydrogen) atoms. The first-order valence-electron chi connectivity index (χ1n) is 7.36. The highest BCUT2D eigenvalue weighted by molar-refractivity contribution is 6.04. The molecule has 0 spiro atoms. The maximum atomic E-state index is 12.4. The van der Waals surface area contributed by atoms with Crippen LogP contribution in [0.15, 0.2) is 42.5 Å². The zero-order chi connectivity index (χ0) is 16.2. The van der Waals surface area contributed by atoms with Gasteiger partial charge in [-0.25, -0.2) is 0 Å². The lowest BCUT2D eigenvalue weighted by molar-refractivity contribution is 0.102. The highest BCUT2D eigenvalue weighted by Gasteiger charge is 2.21. The van der Waals surface area contributed by atoms with Crippen molar-refractivity contribution in [1.82, 2.24) is 4.90 Å². The summed E-state index contributed by atoms with van der Waals surface area (Å²) in [6.45, 7) is 1.66. The molecule has 1 amide bonds. The smallest absolute Gasteiger partial charge is 0.255 e. The quantitative estimate of drug-likeness (QED) is 0.882. The molecule has 2 aromatic carbocycles. The van der Waals surface area contributed by atoms with E-state index in [0.29, 0.717) is 25.3 Å². The van der Waals surface area contributed by atoms with E-state index in [0.717, 1.165) is 22.4 Å². The Morgan fingerprint density at radius 3 is 2.74 bits per heavy atom. The van der Waals surface area contributed by atoms with E-state index in [2.05, 4.69) is 11.5 Å². The number of fused-ring (bicyclic) bond motifs is 1. The van der Waals surface area contributed by atoms with Gasteiger partial charge in [0.25, 0.3) is 5.91 Å². The molecule has 1 N–H and O–H groups in total. The summed E-state index contributed by atoms with van der Waals surface area (Å²) in [6, 6.07) is 13.1. The number of benzene rings is 2. The van der Waals surface area contributed by atoms with Crippen LogP contribution in [0.3, 0.4) is 0 Å². The maximum absolute atomic E-state index is 12.4. The first kappa shape index (κ1) is 15.1. The molecule has 0 aromatic heterocycles. The molecule has 0 saturated carbocycles. The fourth-order valence-electron chi connectivity index (χ4n) is 2.72. The third-order valence-corrected chi connectivity index (χ3v) is 3.90. The molecule has 5 heteroatoms. The van der Waals surface area contributed by atoms with E-state index >= 15 is 0 Å². The van der Waals surface area contributed by atoms with Crippen LogP contribution in [0.4, 0.5) is 5.69 Å². The maximum Gasteiger partial charge on any atom is 0.255 e. The van der Waals surface area contributed by atoms with Crippen LogP contribution in [0, 0.1) is 11.5 Å². The number of methoxy groups -OCH3 is 1. The molecule has 0 atom stereocenters. The van der Waals surface area contributed by atoms with Crippen LogP contribution in [0.5, 0.6) is 0 Å². The van der Waals surface area contributed by atoms with Crippen molar-refractivity contribution in [2.75, 3.05) is 12.4 Å². The zero-order valence-corrected chi connectivity index (χ0v) is 12.9. The Labute approximate surface area is 135 Å². The molecule has 1 aliphatic rings. The summed E-state index contributed by atoms with van der Waals surface area (Å²) in [5, 5.41) is 12.0. The largest absolute Gasteiger partial charge is 0.380 e. The minimum absolute atomic E-state index is 0.155. The summed E-state index contributed by atoms with van der Waals surface area (Å²) < 4.78 is 5.06. The minimum atomic E-state index is -0.155. The fraction of sp³-hybridized carbons (Fsp3) is 0.222. The molecule has 3 rings (SSSR count). The minimum Gasteiger partial charge on any atom is -0.380 e. The highest BCUT2D eigenvalue weighted by atomic mass is 16.5. The predicted octanol–water partition coefficient (Wildman–Crippen LogP) is 2.88. The van der Waals surface area contributed by atoms with Crippen molar-refractivity contribution in [2.45, 2.75) is 19.7 Å². The summed E-state index contributed by atoms with van der Waals surface area (Å²) in [5.41, 5.74) is 4.48. The zero-order valence-electron chi connectivity index (χ0n) is 12.9. The van der Waals surface area contributed by atoms with E-state index in [9.17, 15) is 4.79 Å². The molecule has 116 valence electrons. The number of amides is 1. The monoisotopic (exact) mass is 307 g/mol. The van der Waals surface area contributed by atoms with Gasteiger partial charge in [-0.2, -0.15) is 5.26 Å². The molecule has 0 radical (unpaired) electrons. The lowest BCUT2D eigenvalue weighted by Crippen LogP contribution is -2.14. The number of hydrogen-bond acceptors (Lipinski definition) is 4. The van der Waals surface area contributed by atoms with Crippen molar-refractivity contribution in [2.24, 2.45) is 0 Å². The molecular formula is C18H17N3O2. The molecule has 0 saturated heterocycles. The Bertz CT molecular complexity index is 763. The number of anilines is 1. The highest BCUT2D eigenvalue weighted by Crippen LogP contribution is 2.29. The van der Waals surface area contributed by atoms with Gasteiger partial charge in [0.05, 0.1) is 19.7 Å². The molecule has 1 aliphatic heterocycles. The normalized spacial score (nSPS) is 12.6. The second kappa shape index (κ2) is 6.51. The van der Waals surface area contributed by atoms with E-state index < -0.39 is 0 Å². The Balaban J connectivity index is 1.77. The van der Waals surface area contributed by atoms with Crippen molar-refractivity contribution in [3.05, 3.63) is 64.7 Å². The molecule has 1 heterocycles. The lowest BCUT2D eigenvalue weighted by atomic mass is 10.1. The Morgan fingerprint density at radius 1 is 1.26 bits per heavy atom. The SMILES string of the molecule is COCc1ccc(C(=O)Nc2cccc3c2CN(C#N)C3)cc1. The van der Waals surface area contributed by atoms with E-state index in [1.54, 1.807) is 24.1 Å². The van der Waals surface area contributed by atoms with E-state index in [1.807, 2.05) is 30.3 Å². The van der Waals surface area contributed by atoms with Gasteiger partial charge in [-0.05, 0) is 29.3 Å². The number of ether oxygens (including phenoxy) is 1. The summed E-state index contributed by atoms with van der Waals surface area (Å²) in [5.74, 6) is -0.155. The Morgan fingerprint density at radius 2 is 2.04 bits per heavy atom. The van der Waals surface area contributed by atoms with Gasteiger partial charge in [-0.1, -0.05) is 24.3 Å². The molecule has 0 unspecified atom stereocenters. The van der Waals surface area contributed by atoms with Crippen molar-refractivity contribution in [1.29, 1.82) is 5.26 Å². The number of rotatable bonds is 4. The predicted molar refractivity (Wildman–Crippen MR) is 86.4 cm³/mol. The van der Waals surface area contributed by atoms with Gasteiger partial charge >= 0.3 is 0 Å². The number of nitriles is 1. The summed E-state index contributed by atoms with van der Waals surface area (Å²) in [4.78, 5) is 14.1. The number of carbonyl (C=O) groups is 1. The van der Waals surface area contributed by atoms with Crippen LogP contribution < -0.4 is 5.32 Å². The van der Waals surface area contributed by atoms with E-state index in [-0.39, 0.29) is 5.91 Å². The number of nitrogens with zero attached hydrogens (tertiary/aromatic N) is 2. The van der Waals surface area contributed by atoms with E-state index in [4.69, 9.17) is 10.00 Å². The third kappa shape index (κ3) is 3.17. The third-order valence-electron chi connectivity index (χ3n) is 3.90. The average molecular weight is 307 g/mol. The van der Waals surface area contributed by atoms with Gasteiger partial charge in [0.2, 0.25) is 0 Å². The van der Waals surface area contributed by atoms with Gasteiger partial charge in [0, 0.05) is 23.9 Å². The first-order chi connectivity index (χ1) is 11.2. The topological polar surface area (TPSA) is 65.4 Å². The van der Waals surface area contributed by atoms with Crippen LogP contribution in [-0.4, -0.2) is 17.9 Å². The van der Waals surface area contributed by atoms with Gasteiger partial charge in [0.1, 0.15) is 0 Å². The number of nitrogens with one attached hydrogen (secondary N) is 1. The lowest BCUT2D eigenvalue weighted by Gasteiger charge is -2.10. The van der Waals surface area contributed by atoms with Crippen molar-refractivity contribution < 1.29 is 9.53 Å². The molecule has 0 aliphatic carbocycles. The molecule has 0 bridgehead atoms. The second-order valence-electron chi connectivity index (χ2n) is 5.48. The second-order valence-corrected chi connectivity index (χ2v) is 5.48. The Kier molecular flexibility index (Phi) is 4.26. The average Bonchev–Trinajstić information content (AvgIpc) is 3.00. The van der Waals surface area contributed by atoms with Crippen LogP contribution >= 0.6 is 0 Å². The van der Waals surface area contributed by atoms with Crippen molar-refractivity contribution in [3.63, 3.8) is 0 Å². The van der Waals surface area contributed by atoms with Crippen LogP contribution in [0.2, 0.25) is 0 Å². The van der Waals surface area contributed by atoms with Crippen molar-refractivity contribution in [3.8, 4) is 6.19 Å². The summed E-state index contributed by atoms with van der Waals surface area (Å²) >= 11 is 0. The fourth-order valence-corrected chi connectivity index (χ4v) is 2.72. The van der Waals surface area contributed by atoms with Crippen LogP contribution in [0.25, 0.3) is 0 Å².